The fraction of sp³-hybridized carbons (Fsp3) is 0.556. The molecule has 0 atom stereocenters. The molecule has 0 spiro atoms. The van der Waals surface area contributed by atoms with E-state index in [0.717, 1.165) is 80.4 Å². The molecule has 236 valence electrons. The first-order valence-electron chi connectivity index (χ1n) is 14.6. The van der Waals surface area contributed by atoms with Crippen molar-refractivity contribution >= 4 is 35.1 Å². The first kappa shape index (κ1) is 33.0. The lowest BCUT2D eigenvalue weighted by molar-refractivity contribution is -0.467. The van der Waals surface area contributed by atoms with Gasteiger partial charge in [0.15, 0.2) is 0 Å². The minimum Gasteiger partial charge on any atom is -1.00 e. The number of hydrogen-bond acceptors (Lipinski definition) is 8. The van der Waals surface area contributed by atoms with E-state index in [-0.39, 0.29) is 59.8 Å². The normalized spacial score (nSPS) is 16.5. The summed E-state index contributed by atoms with van der Waals surface area (Å²) in [6.07, 6.45) is 2.20. The largest absolute Gasteiger partial charge is 1.00 e. The Bertz CT molecular complexity index is 1280. The summed E-state index contributed by atoms with van der Waals surface area (Å²) in [5.74, 6) is 1.69. The van der Waals surface area contributed by atoms with Gasteiger partial charge in [-0.05, 0) is 12.1 Å². The van der Waals surface area contributed by atoms with Crippen molar-refractivity contribution in [3.63, 3.8) is 0 Å². The standard InChI is InChI=1S/C27H40N12O2.2HI/c1-36-20(24(40)28-9-11-34-26-30-5-3-6-31-26)13-18-22(36)15-38-17-39(18)16-23-19(38)14-21(37(23)2)25(41)29-10-12-35-27-32-7-4-8-33-27;;/h13-14H,3-12,15-17H2,1-2H3,(H,28,40)(H,29,41)(H2,30,31,34)(H2,32,33,35);2*1H. The molecule has 2 aromatic heterocycles. The van der Waals surface area contributed by atoms with Crippen LogP contribution in [-0.2, 0) is 27.2 Å². The first-order chi connectivity index (χ1) is 20.0. The average molecular weight is 821 g/mol. The van der Waals surface area contributed by atoms with E-state index < -0.39 is 0 Å². The summed E-state index contributed by atoms with van der Waals surface area (Å²) >= 11 is 0. The Balaban J connectivity index is 0.00000212. The maximum atomic E-state index is 13.1. The number of nitrogens with zero attached hydrogens (tertiary/aromatic N) is 4. The van der Waals surface area contributed by atoms with E-state index in [0.29, 0.717) is 50.7 Å². The molecular formula is C27H42I2N12O2. The zero-order valence-electron chi connectivity index (χ0n) is 24.7. The van der Waals surface area contributed by atoms with Crippen molar-refractivity contribution < 1.29 is 67.5 Å². The number of amides is 2. The lowest BCUT2D eigenvalue weighted by Gasteiger charge is -2.42. The van der Waals surface area contributed by atoms with Crippen LogP contribution in [0.5, 0.6) is 0 Å². The fourth-order valence-electron chi connectivity index (χ4n) is 5.92. The molecule has 4 aliphatic rings. The molecule has 14 nitrogen and oxygen atoms in total. The number of carbonyl (C=O) groups excluding carboxylic acids is 2. The van der Waals surface area contributed by atoms with Crippen LogP contribution in [0, 0.1) is 0 Å². The van der Waals surface area contributed by atoms with Crippen molar-refractivity contribution in [2.45, 2.75) is 25.9 Å². The molecule has 43 heavy (non-hydrogen) atoms. The van der Waals surface area contributed by atoms with Gasteiger partial charge in [0.1, 0.15) is 11.4 Å². The van der Waals surface area contributed by atoms with Crippen molar-refractivity contribution in [2.75, 3.05) is 68.8 Å². The monoisotopic (exact) mass is 820 g/mol. The Kier molecular flexibility index (Phi) is 11.3. The maximum absolute atomic E-state index is 13.1. The van der Waals surface area contributed by atoms with Gasteiger partial charge in [-0.3, -0.25) is 40.8 Å². The molecule has 8 N–H and O–H groups in total. The predicted molar refractivity (Wildman–Crippen MR) is 156 cm³/mol. The third kappa shape index (κ3) is 7.09. The van der Waals surface area contributed by atoms with Gasteiger partial charge in [-0.15, -0.1) is 0 Å². The molecule has 2 aromatic rings. The smallest absolute Gasteiger partial charge is 0.343 e. The van der Waals surface area contributed by atoms with Crippen LogP contribution >= 0.6 is 0 Å². The molecule has 0 radical (unpaired) electrons. The number of rotatable bonds is 8. The van der Waals surface area contributed by atoms with Gasteiger partial charge in [-0.1, -0.05) is 0 Å². The SMILES string of the molecule is Cn1c(C(=O)NCCNC2=[NH+]CCCN2)cc2c1CN1CN2Cc2c1cc(C(=O)NCCNC1=[NH+]CCCN1)n2C.[I-].[I-]. The molecule has 0 aliphatic carbocycles. The van der Waals surface area contributed by atoms with Gasteiger partial charge in [0.2, 0.25) is 0 Å². The summed E-state index contributed by atoms with van der Waals surface area (Å²) in [7, 11) is 3.91. The van der Waals surface area contributed by atoms with Crippen LogP contribution in [0.15, 0.2) is 12.1 Å². The summed E-state index contributed by atoms with van der Waals surface area (Å²) in [6, 6.07) is 3.99. The molecule has 6 heterocycles. The molecule has 0 aromatic carbocycles. The molecule has 6 rings (SSSR count). The van der Waals surface area contributed by atoms with Crippen molar-refractivity contribution in [1.82, 2.24) is 41.0 Å². The van der Waals surface area contributed by atoms with Gasteiger partial charge in [0.05, 0.1) is 81.8 Å². The van der Waals surface area contributed by atoms with Crippen LogP contribution in [0.4, 0.5) is 11.4 Å². The van der Waals surface area contributed by atoms with Crippen LogP contribution in [0.1, 0.15) is 45.2 Å². The quantitative estimate of drug-likeness (QED) is 0.0969. The number of guanidine groups is 2. The molecule has 0 unspecified atom stereocenters. The minimum atomic E-state index is -0.0802. The van der Waals surface area contributed by atoms with Crippen LogP contribution in [0.2, 0.25) is 0 Å². The predicted octanol–water partition coefficient (Wildman–Crippen LogP) is -10.8. The van der Waals surface area contributed by atoms with Crippen molar-refractivity contribution in [3.8, 4) is 0 Å². The summed E-state index contributed by atoms with van der Waals surface area (Å²) in [6.45, 7) is 8.22. The second kappa shape index (κ2) is 14.7. The van der Waals surface area contributed by atoms with Crippen LogP contribution in [-0.4, -0.2) is 91.9 Å². The summed E-state index contributed by atoms with van der Waals surface area (Å²) in [4.78, 5) is 37.3. The molecule has 4 aliphatic heterocycles. The van der Waals surface area contributed by atoms with Gasteiger partial charge < -0.3 is 77.5 Å². The fourth-order valence-corrected chi connectivity index (χ4v) is 5.92. The average Bonchev–Trinajstić information content (AvgIpc) is 3.51. The van der Waals surface area contributed by atoms with E-state index in [2.05, 4.69) is 51.7 Å². The number of aromatic nitrogens is 2. The van der Waals surface area contributed by atoms with Crippen LogP contribution < -0.4 is 99.6 Å². The van der Waals surface area contributed by atoms with Gasteiger partial charge in [-0.25, -0.2) is 0 Å². The lowest BCUT2D eigenvalue weighted by atomic mass is 10.1. The van der Waals surface area contributed by atoms with Gasteiger partial charge in [0, 0.05) is 40.0 Å². The Morgan fingerprint density at radius 2 is 1.19 bits per heavy atom. The van der Waals surface area contributed by atoms with E-state index in [1.807, 2.05) is 35.4 Å². The number of nitrogens with one attached hydrogen (secondary N) is 8. The number of hydrogen-bond donors (Lipinski definition) is 8. The van der Waals surface area contributed by atoms with Gasteiger partial charge in [-0.2, -0.15) is 0 Å². The van der Waals surface area contributed by atoms with E-state index in [4.69, 9.17) is 0 Å². The summed E-state index contributed by atoms with van der Waals surface area (Å²) < 4.78 is 4.00. The third-order valence-electron chi connectivity index (χ3n) is 8.18. The molecule has 0 saturated heterocycles. The Labute approximate surface area is 285 Å². The Morgan fingerprint density at radius 3 is 1.58 bits per heavy atom. The van der Waals surface area contributed by atoms with E-state index in [1.165, 1.54) is 0 Å². The van der Waals surface area contributed by atoms with Crippen LogP contribution in [0.25, 0.3) is 0 Å². The lowest BCUT2D eigenvalue weighted by Crippen LogP contribution is -3.00. The summed E-state index contributed by atoms with van der Waals surface area (Å²) in [5, 5.41) is 19.2. The van der Waals surface area contributed by atoms with E-state index >= 15 is 0 Å². The molecular weight excluding hydrogens is 778 g/mol. The number of carbonyl (C=O) groups is 2. The number of fused-ring (bicyclic) bond motifs is 6. The van der Waals surface area contributed by atoms with Gasteiger partial charge in [0.25, 0.3) is 11.8 Å². The highest BCUT2D eigenvalue weighted by Gasteiger charge is 2.35. The molecule has 0 fully saturated rings. The Morgan fingerprint density at radius 1 is 0.744 bits per heavy atom. The maximum Gasteiger partial charge on any atom is 0.343 e. The highest BCUT2D eigenvalue weighted by Crippen LogP contribution is 2.40. The van der Waals surface area contributed by atoms with E-state index in [9.17, 15) is 9.59 Å². The second-order valence-electron chi connectivity index (χ2n) is 10.9. The van der Waals surface area contributed by atoms with Crippen LogP contribution in [0.3, 0.4) is 0 Å². The zero-order chi connectivity index (χ0) is 28.3. The molecule has 2 amide bonds. The molecule has 16 heteroatoms. The highest BCUT2D eigenvalue weighted by molar-refractivity contribution is 5.96. The zero-order valence-corrected chi connectivity index (χ0v) is 29.0. The number of halogens is 2. The Hall–Kier alpha value is -2.90. The second-order valence-corrected chi connectivity index (χ2v) is 10.9. The van der Waals surface area contributed by atoms with Crippen molar-refractivity contribution in [2.24, 2.45) is 14.1 Å². The summed E-state index contributed by atoms with van der Waals surface area (Å²) in [5.41, 5.74) is 5.65. The molecule has 2 bridgehead atoms. The third-order valence-corrected chi connectivity index (χ3v) is 8.18. The molecule has 0 saturated carbocycles. The van der Waals surface area contributed by atoms with E-state index in [1.54, 1.807) is 0 Å². The van der Waals surface area contributed by atoms with Crippen molar-refractivity contribution in [1.29, 1.82) is 0 Å². The van der Waals surface area contributed by atoms with Gasteiger partial charge >= 0.3 is 11.9 Å². The number of anilines is 2. The minimum absolute atomic E-state index is 0. The van der Waals surface area contributed by atoms with Crippen molar-refractivity contribution in [3.05, 3.63) is 34.9 Å². The highest BCUT2D eigenvalue weighted by atomic mass is 127. The first-order valence-corrected chi connectivity index (χ1v) is 14.6. The topological polar surface area (TPSA) is 151 Å².